The van der Waals surface area contributed by atoms with Crippen LogP contribution in [-0.4, -0.2) is 10.9 Å². The minimum Gasteiger partial charge on any atom is -0.326 e. The lowest BCUT2D eigenvalue weighted by Crippen LogP contribution is -2.05. The molecule has 1 amide bonds. The Balaban J connectivity index is 1.77. The number of carbonyl (C=O) groups is 1. The SMILES string of the molecule is CC(=O)Nc1ccc(/C=C/c2nc3ccccc3s2)cc1. The summed E-state index contributed by atoms with van der Waals surface area (Å²) in [5.41, 5.74) is 2.91. The first kappa shape index (κ1) is 13.5. The summed E-state index contributed by atoms with van der Waals surface area (Å²) in [6, 6.07) is 15.8. The zero-order valence-corrected chi connectivity index (χ0v) is 12.4. The topological polar surface area (TPSA) is 42.0 Å². The number of anilines is 1. The first-order chi connectivity index (χ1) is 10.2. The van der Waals surface area contributed by atoms with Gasteiger partial charge in [0.15, 0.2) is 0 Å². The highest BCUT2D eigenvalue weighted by Crippen LogP contribution is 2.23. The van der Waals surface area contributed by atoms with Crippen LogP contribution in [0.25, 0.3) is 22.4 Å². The average Bonchev–Trinajstić information content (AvgIpc) is 2.89. The standard InChI is InChI=1S/C17H14N2OS/c1-12(20)18-14-9-6-13(7-10-14)8-11-17-19-15-4-2-3-5-16(15)21-17/h2-11H,1H3,(H,18,20)/b11-8+. The van der Waals surface area contributed by atoms with Gasteiger partial charge in [0.1, 0.15) is 5.01 Å². The molecular weight excluding hydrogens is 280 g/mol. The molecular formula is C17H14N2OS. The van der Waals surface area contributed by atoms with Crippen molar-refractivity contribution >= 4 is 45.3 Å². The summed E-state index contributed by atoms with van der Waals surface area (Å²) in [7, 11) is 0. The second kappa shape index (κ2) is 5.89. The molecule has 4 heteroatoms. The molecule has 0 aliphatic heterocycles. The average molecular weight is 294 g/mol. The van der Waals surface area contributed by atoms with Crippen LogP contribution in [0.3, 0.4) is 0 Å². The molecule has 0 aliphatic carbocycles. The maximum absolute atomic E-state index is 11.0. The van der Waals surface area contributed by atoms with E-state index in [-0.39, 0.29) is 5.91 Å². The van der Waals surface area contributed by atoms with Crippen molar-refractivity contribution in [3.63, 3.8) is 0 Å². The number of hydrogen-bond donors (Lipinski definition) is 1. The van der Waals surface area contributed by atoms with Crippen LogP contribution in [0.4, 0.5) is 5.69 Å². The number of rotatable bonds is 3. The summed E-state index contributed by atoms with van der Waals surface area (Å²) in [5, 5.41) is 3.74. The first-order valence-corrected chi connectivity index (χ1v) is 7.44. The van der Waals surface area contributed by atoms with Gasteiger partial charge in [-0.3, -0.25) is 4.79 Å². The first-order valence-electron chi connectivity index (χ1n) is 6.62. The number of nitrogens with zero attached hydrogens (tertiary/aromatic N) is 1. The molecule has 0 bridgehead atoms. The van der Waals surface area contributed by atoms with Gasteiger partial charge in [-0.2, -0.15) is 0 Å². The molecule has 0 atom stereocenters. The third kappa shape index (κ3) is 3.35. The molecule has 1 aromatic heterocycles. The summed E-state index contributed by atoms with van der Waals surface area (Å²) in [6.45, 7) is 1.50. The quantitative estimate of drug-likeness (QED) is 0.776. The molecule has 2 aromatic carbocycles. The Hall–Kier alpha value is -2.46. The van der Waals surface area contributed by atoms with Gasteiger partial charge in [0.25, 0.3) is 0 Å². The van der Waals surface area contributed by atoms with Crippen LogP contribution >= 0.6 is 11.3 Å². The Morgan fingerprint density at radius 3 is 2.57 bits per heavy atom. The third-order valence-electron chi connectivity index (χ3n) is 2.96. The number of amides is 1. The minimum atomic E-state index is -0.0623. The highest BCUT2D eigenvalue weighted by atomic mass is 32.1. The van der Waals surface area contributed by atoms with Gasteiger partial charge in [0.05, 0.1) is 10.2 Å². The van der Waals surface area contributed by atoms with Gasteiger partial charge in [0, 0.05) is 12.6 Å². The zero-order chi connectivity index (χ0) is 14.7. The molecule has 0 spiro atoms. The molecule has 1 N–H and O–H groups in total. The Morgan fingerprint density at radius 2 is 1.86 bits per heavy atom. The van der Waals surface area contributed by atoms with Crippen molar-refractivity contribution < 1.29 is 4.79 Å². The number of benzene rings is 2. The normalized spacial score (nSPS) is 11.1. The molecule has 0 saturated carbocycles. The third-order valence-corrected chi connectivity index (χ3v) is 3.96. The van der Waals surface area contributed by atoms with Crippen molar-refractivity contribution in [2.24, 2.45) is 0 Å². The molecule has 0 fully saturated rings. The van der Waals surface area contributed by atoms with Gasteiger partial charge in [-0.25, -0.2) is 4.98 Å². The predicted molar refractivity (Wildman–Crippen MR) is 89.3 cm³/mol. The molecule has 0 unspecified atom stereocenters. The second-order valence-corrected chi connectivity index (χ2v) is 5.72. The summed E-state index contributed by atoms with van der Waals surface area (Å²) < 4.78 is 1.19. The minimum absolute atomic E-state index is 0.0623. The van der Waals surface area contributed by atoms with Gasteiger partial charge >= 0.3 is 0 Å². The monoisotopic (exact) mass is 294 g/mol. The summed E-state index contributed by atoms with van der Waals surface area (Å²) in [6.07, 6.45) is 4.04. The largest absolute Gasteiger partial charge is 0.326 e. The fourth-order valence-electron chi connectivity index (χ4n) is 2.01. The number of fused-ring (bicyclic) bond motifs is 1. The van der Waals surface area contributed by atoms with Crippen molar-refractivity contribution in [1.29, 1.82) is 0 Å². The van der Waals surface area contributed by atoms with Crippen LogP contribution < -0.4 is 5.32 Å². The maximum atomic E-state index is 11.0. The number of thiazole rings is 1. The van der Waals surface area contributed by atoms with Gasteiger partial charge in [-0.1, -0.05) is 30.3 Å². The van der Waals surface area contributed by atoms with Crippen LogP contribution in [0.2, 0.25) is 0 Å². The van der Waals surface area contributed by atoms with Crippen LogP contribution in [-0.2, 0) is 4.79 Å². The van der Waals surface area contributed by atoms with Crippen LogP contribution in [0.1, 0.15) is 17.5 Å². The fourth-order valence-corrected chi connectivity index (χ4v) is 2.88. The molecule has 0 radical (unpaired) electrons. The van der Waals surface area contributed by atoms with E-state index < -0.39 is 0 Å². The number of carbonyl (C=O) groups excluding carboxylic acids is 1. The van der Waals surface area contributed by atoms with Crippen LogP contribution in [0.15, 0.2) is 48.5 Å². The van der Waals surface area contributed by atoms with E-state index in [1.54, 1.807) is 11.3 Å². The van der Waals surface area contributed by atoms with E-state index in [0.717, 1.165) is 21.8 Å². The molecule has 0 saturated heterocycles. The number of hydrogen-bond acceptors (Lipinski definition) is 3. The molecule has 3 rings (SSSR count). The highest BCUT2D eigenvalue weighted by molar-refractivity contribution is 7.19. The van der Waals surface area contributed by atoms with Crippen LogP contribution in [0, 0.1) is 0 Å². The molecule has 3 nitrogen and oxygen atoms in total. The van der Waals surface area contributed by atoms with Gasteiger partial charge in [-0.15, -0.1) is 11.3 Å². The van der Waals surface area contributed by atoms with E-state index in [2.05, 4.69) is 16.4 Å². The van der Waals surface area contributed by atoms with E-state index in [1.807, 2.05) is 54.6 Å². The summed E-state index contributed by atoms with van der Waals surface area (Å²) in [5.74, 6) is -0.0623. The number of aromatic nitrogens is 1. The van der Waals surface area contributed by atoms with Crippen molar-refractivity contribution in [3.8, 4) is 0 Å². The smallest absolute Gasteiger partial charge is 0.221 e. The molecule has 1 heterocycles. The number of nitrogens with one attached hydrogen (secondary N) is 1. The van der Waals surface area contributed by atoms with E-state index in [1.165, 1.54) is 11.6 Å². The lowest BCUT2D eigenvalue weighted by atomic mass is 10.2. The van der Waals surface area contributed by atoms with E-state index >= 15 is 0 Å². The van der Waals surface area contributed by atoms with Gasteiger partial charge in [0.2, 0.25) is 5.91 Å². The lowest BCUT2D eigenvalue weighted by molar-refractivity contribution is -0.114. The Morgan fingerprint density at radius 1 is 1.10 bits per heavy atom. The molecule has 104 valence electrons. The molecule has 0 aliphatic rings. The van der Waals surface area contributed by atoms with E-state index in [9.17, 15) is 4.79 Å². The van der Waals surface area contributed by atoms with E-state index in [4.69, 9.17) is 0 Å². The maximum Gasteiger partial charge on any atom is 0.221 e. The van der Waals surface area contributed by atoms with Crippen molar-refractivity contribution in [2.75, 3.05) is 5.32 Å². The van der Waals surface area contributed by atoms with E-state index in [0.29, 0.717) is 0 Å². The Labute approximate surface area is 127 Å². The van der Waals surface area contributed by atoms with Gasteiger partial charge < -0.3 is 5.32 Å². The van der Waals surface area contributed by atoms with Crippen LogP contribution in [0.5, 0.6) is 0 Å². The van der Waals surface area contributed by atoms with Crippen molar-refractivity contribution in [2.45, 2.75) is 6.92 Å². The fraction of sp³-hybridized carbons (Fsp3) is 0.0588. The van der Waals surface area contributed by atoms with Gasteiger partial charge in [-0.05, 0) is 35.9 Å². The Kier molecular flexibility index (Phi) is 3.79. The summed E-state index contributed by atoms with van der Waals surface area (Å²) in [4.78, 5) is 15.5. The lowest BCUT2D eigenvalue weighted by Gasteiger charge is -2.01. The summed E-state index contributed by atoms with van der Waals surface area (Å²) >= 11 is 1.67. The highest BCUT2D eigenvalue weighted by Gasteiger charge is 1.99. The van der Waals surface area contributed by atoms with Crippen molar-refractivity contribution in [3.05, 3.63) is 59.1 Å². The molecule has 3 aromatic rings. The predicted octanol–water partition coefficient (Wildman–Crippen LogP) is 4.43. The Bertz CT molecular complexity index is 770. The second-order valence-electron chi connectivity index (χ2n) is 4.66. The van der Waals surface area contributed by atoms with Crippen molar-refractivity contribution in [1.82, 2.24) is 4.98 Å². The molecule has 21 heavy (non-hydrogen) atoms. The zero-order valence-electron chi connectivity index (χ0n) is 11.5. The number of para-hydroxylation sites is 1.